The highest BCUT2D eigenvalue weighted by molar-refractivity contribution is 7.10. The summed E-state index contributed by atoms with van der Waals surface area (Å²) in [5.41, 5.74) is 1.42. The first kappa shape index (κ1) is 24.7. The fourth-order valence-corrected chi connectivity index (χ4v) is 5.19. The van der Waals surface area contributed by atoms with Crippen molar-refractivity contribution in [2.24, 2.45) is 0 Å². The molecule has 8 heteroatoms. The van der Waals surface area contributed by atoms with Crippen molar-refractivity contribution in [1.29, 1.82) is 0 Å². The van der Waals surface area contributed by atoms with Gasteiger partial charge in [0.25, 0.3) is 5.91 Å². The van der Waals surface area contributed by atoms with Crippen molar-refractivity contribution in [2.45, 2.75) is 32.4 Å². The Kier molecular flexibility index (Phi) is 7.70. The van der Waals surface area contributed by atoms with Crippen molar-refractivity contribution >= 4 is 23.2 Å². The second-order valence-electron chi connectivity index (χ2n) is 8.65. The number of carbonyl (C=O) groups is 2. The number of rotatable bonds is 8. The number of carbonyl (C=O) groups excluding carboxylic acids is 2. The zero-order chi connectivity index (χ0) is 24.9. The molecule has 0 fully saturated rings. The molecule has 1 atom stereocenters. The molecule has 1 aromatic heterocycles. The number of halogens is 1. The molecule has 0 spiro atoms. The summed E-state index contributed by atoms with van der Waals surface area (Å²) in [4.78, 5) is 31.3. The van der Waals surface area contributed by atoms with Gasteiger partial charge in [-0.05, 0) is 73.7 Å². The molecule has 0 N–H and O–H groups in total. The quantitative estimate of drug-likeness (QED) is 0.443. The summed E-state index contributed by atoms with van der Waals surface area (Å²) in [6.07, 6.45) is 0.761. The fourth-order valence-electron chi connectivity index (χ4n) is 4.27. The zero-order valence-corrected chi connectivity index (χ0v) is 20.9. The number of hydrogen-bond donors (Lipinski definition) is 0. The molecule has 0 bridgehead atoms. The average molecular weight is 497 g/mol. The van der Waals surface area contributed by atoms with Gasteiger partial charge in [0.15, 0.2) is 11.5 Å². The van der Waals surface area contributed by atoms with E-state index < -0.39 is 5.82 Å². The number of hydrogen-bond acceptors (Lipinski definition) is 5. The minimum Gasteiger partial charge on any atom is -0.493 e. The van der Waals surface area contributed by atoms with Gasteiger partial charge in [-0.1, -0.05) is 12.1 Å². The first-order valence-electron chi connectivity index (χ1n) is 11.6. The van der Waals surface area contributed by atoms with Crippen LogP contribution in [0.4, 0.5) is 4.39 Å². The van der Waals surface area contributed by atoms with Crippen LogP contribution < -0.4 is 9.47 Å². The lowest BCUT2D eigenvalue weighted by Gasteiger charge is -2.37. The van der Waals surface area contributed by atoms with Gasteiger partial charge in [0.2, 0.25) is 5.91 Å². The Bertz CT molecular complexity index is 1180. The lowest BCUT2D eigenvalue weighted by Crippen LogP contribution is -2.49. The minimum atomic E-state index is -0.411. The van der Waals surface area contributed by atoms with Crippen LogP contribution in [0.5, 0.6) is 11.5 Å². The summed E-state index contributed by atoms with van der Waals surface area (Å²) in [6.45, 7) is 4.47. The Balaban J connectivity index is 1.54. The predicted octanol–water partition coefficient (Wildman–Crippen LogP) is 4.95. The molecular formula is C27H29FN2O4S. The first-order chi connectivity index (χ1) is 16.9. The monoisotopic (exact) mass is 496 g/mol. The Labute approximate surface area is 208 Å². The molecule has 1 aliphatic rings. The third-order valence-corrected chi connectivity index (χ3v) is 7.16. The zero-order valence-electron chi connectivity index (χ0n) is 20.1. The molecule has 4 rings (SSSR count). The molecule has 1 aliphatic heterocycles. The lowest BCUT2D eigenvalue weighted by atomic mass is 10.00. The van der Waals surface area contributed by atoms with Crippen LogP contribution in [0.3, 0.4) is 0 Å². The van der Waals surface area contributed by atoms with E-state index in [2.05, 4.69) is 0 Å². The highest BCUT2D eigenvalue weighted by atomic mass is 32.1. The van der Waals surface area contributed by atoms with Crippen molar-refractivity contribution in [3.63, 3.8) is 0 Å². The number of nitrogens with zero attached hydrogens (tertiary/aromatic N) is 2. The standard InChI is InChI=1S/C27H29FN2O4S/c1-18(2)30(27(32)19-8-10-20(28)11-9-19)16-26(31)29-14-12-25-21(13-15-35-25)22(29)17-34-24-7-5-4-6-23(24)33-3/h4-11,13,15,18,22H,12,14,16-17H2,1-3H3/t22-/m1/s1. The van der Waals surface area contributed by atoms with Crippen molar-refractivity contribution in [1.82, 2.24) is 9.80 Å². The fraction of sp³-hybridized carbons (Fsp3) is 0.333. The molecule has 2 heterocycles. The molecule has 184 valence electrons. The largest absolute Gasteiger partial charge is 0.493 e. The molecule has 6 nitrogen and oxygen atoms in total. The Morgan fingerprint density at radius 2 is 1.83 bits per heavy atom. The van der Waals surface area contributed by atoms with Crippen LogP contribution in [0.2, 0.25) is 0 Å². The van der Waals surface area contributed by atoms with E-state index in [1.807, 2.05) is 49.6 Å². The number of thiophene rings is 1. The summed E-state index contributed by atoms with van der Waals surface area (Å²) in [5, 5.41) is 2.03. The van der Waals surface area contributed by atoms with E-state index >= 15 is 0 Å². The maximum atomic E-state index is 13.6. The predicted molar refractivity (Wildman–Crippen MR) is 134 cm³/mol. The van der Waals surface area contributed by atoms with Crippen LogP contribution in [0.15, 0.2) is 60.0 Å². The number of methoxy groups -OCH3 is 1. The van der Waals surface area contributed by atoms with Gasteiger partial charge in [-0.2, -0.15) is 0 Å². The second kappa shape index (κ2) is 10.9. The molecule has 0 saturated carbocycles. The van der Waals surface area contributed by atoms with Crippen LogP contribution >= 0.6 is 11.3 Å². The highest BCUT2D eigenvalue weighted by Crippen LogP contribution is 2.35. The molecule has 35 heavy (non-hydrogen) atoms. The summed E-state index contributed by atoms with van der Waals surface area (Å²) in [7, 11) is 1.59. The summed E-state index contributed by atoms with van der Waals surface area (Å²) < 4.78 is 24.9. The van der Waals surface area contributed by atoms with E-state index in [1.165, 1.54) is 34.0 Å². The molecule has 0 unspecified atom stereocenters. The normalized spacial score (nSPS) is 15.0. The second-order valence-corrected chi connectivity index (χ2v) is 9.65. The maximum absolute atomic E-state index is 13.6. The van der Waals surface area contributed by atoms with Gasteiger partial charge in [0.1, 0.15) is 19.0 Å². The molecule has 3 aromatic rings. The lowest BCUT2D eigenvalue weighted by molar-refractivity contribution is -0.136. The van der Waals surface area contributed by atoms with E-state index in [-0.39, 0.29) is 37.0 Å². The highest BCUT2D eigenvalue weighted by Gasteiger charge is 2.34. The van der Waals surface area contributed by atoms with Gasteiger partial charge < -0.3 is 19.3 Å². The molecule has 0 radical (unpaired) electrons. The van der Waals surface area contributed by atoms with Crippen LogP contribution in [0.25, 0.3) is 0 Å². The van der Waals surface area contributed by atoms with Crippen LogP contribution in [-0.2, 0) is 11.2 Å². The number of para-hydroxylation sites is 2. The first-order valence-corrected chi connectivity index (χ1v) is 12.4. The van der Waals surface area contributed by atoms with E-state index in [4.69, 9.17) is 9.47 Å². The maximum Gasteiger partial charge on any atom is 0.254 e. The number of benzene rings is 2. The third-order valence-electron chi connectivity index (χ3n) is 6.16. The smallest absolute Gasteiger partial charge is 0.254 e. The van der Waals surface area contributed by atoms with Crippen LogP contribution in [0, 0.1) is 5.82 Å². The third kappa shape index (κ3) is 5.48. The van der Waals surface area contributed by atoms with Gasteiger partial charge in [0, 0.05) is 23.0 Å². The molecular weight excluding hydrogens is 467 g/mol. The van der Waals surface area contributed by atoms with Gasteiger partial charge in [-0.15, -0.1) is 11.3 Å². The summed E-state index contributed by atoms with van der Waals surface area (Å²) in [6, 6.07) is 14.4. The van der Waals surface area contributed by atoms with Crippen molar-refractivity contribution < 1.29 is 23.5 Å². The van der Waals surface area contributed by atoms with E-state index in [0.29, 0.717) is 23.6 Å². The van der Waals surface area contributed by atoms with Crippen molar-refractivity contribution in [3.05, 3.63) is 81.8 Å². The number of amides is 2. The van der Waals surface area contributed by atoms with Gasteiger partial charge >= 0.3 is 0 Å². The molecule has 0 aliphatic carbocycles. The van der Waals surface area contributed by atoms with Gasteiger partial charge in [0.05, 0.1) is 13.2 Å². The van der Waals surface area contributed by atoms with Crippen LogP contribution in [0.1, 0.15) is 40.7 Å². The summed E-state index contributed by atoms with van der Waals surface area (Å²) in [5.74, 6) is 0.372. The molecule has 0 saturated heterocycles. The number of ether oxygens (including phenoxy) is 2. The van der Waals surface area contributed by atoms with Crippen LogP contribution in [-0.4, -0.2) is 54.5 Å². The van der Waals surface area contributed by atoms with Gasteiger partial charge in [-0.3, -0.25) is 9.59 Å². The number of fused-ring (bicyclic) bond motifs is 1. The summed E-state index contributed by atoms with van der Waals surface area (Å²) >= 11 is 1.68. The van der Waals surface area contributed by atoms with E-state index in [1.54, 1.807) is 23.3 Å². The molecule has 2 amide bonds. The topological polar surface area (TPSA) is 59.1 Å². The average Bonchev–Trinajstić information content (AvgIpc) is 3.35. The Morgan fingerprint density at radius 1 is 1.11 bits per heavy atom. The van der Waals surface area contributed by atoms with E-state index in [0.717, 1.165) is 12.0 Å². The Hall–Kier alpha value is -3.39. The molecule has 2 aromatic carbocycles. The minimum absolute atomic E-state index is 0.0709. The van der Waals surface area contributed by atoms with Gasteiger partial charge in [-0.25, -0.2) is 4.39 Å². The van der Waals surface area contributed by atoms with E-state index in [9.17, 15) is 14.0 Å². The van der Waals surface area contributed by atoms with Crippen molar-refractivity contribution in [2.75, 3.05) is 26.8 Å². The Morgan fingerprint density at radius 3 is 2.51 bits per heavy atom. The SMILES string of the molecule is COc1ccccc1OC[C@@H]1c2ccsc2CCN1C(=O)CN(C(=O)c1ccc(F)cc1)C(C)C. The van der Waals surface area contributed by atoms with Crippen molar-refractivity contribution in [3.8, 4) is 11.5 Å².